The number of nitrogens with zero attached hydrogens (tertiary/aromatic N) is 2. The molecule has 2 amide bonds. The van der Waals surface area contributed by atoms with Gasteiger partial charge in [-0.3, -0.25) is 9.59 Å². The summed E-state index contributed by atoms with van der Waals surface area (Å²) in [6.07, 6.45) is 4.25. The SMILES string of the molecule is CN1C2CCC1CC(NC(=O)c1ccc(Nc3oc(-c4c(F)cccc4F)nc3C(N)=O)cc1)C2. The lowest BCUT2D eigenvalue weighted by molar-refractivity contribution is 0.0882. The normalized spacial score (nSPS) is 21.6. The lowest BCUT2D eigenvalue weighted by Gasteiger charge is -2.36. The molecule has 2 aromatic carbocycles. The Labute approximate surface area is 200 Å². The lowest BCUT2D eigenvalue weighted by Crippen LogP contribution is -2.48. The summed E-state index contributed by atoms with van der Waals surface area (Å²) in [5, 5.41) is 5.98. The van der Waals surface area contributed by atoms with Crippen LogP contribution in [0.5, 0.6) is 0 Å². The standard InChI is InChI=1S/C25H25F2N5O3/c1-32-16-9-10-17(32)12-15(11-16)29-23(34)13-5-7-14(8-6-13)30-25-21(22(28)33)31-24(35-25)20-18(26)3-2-4-19(20)27/h2-8,15-17,30H,9-12H2,1H3,(H2,28,33)(H,29,34). The molecule has 0 aliphatic carbocycles. The Kier molecular flexibility index (Phi) is 5.98. The smallest absolute Gasteiger partial charge is 0.273 e. The highest BCUT2D eigenvalue weighted by atomic mass is 19.1. The second kappa shape index (κ2) is 9.10. The largest absolute Gasteiger partial charge is 0.419 e. The van der Waals surface area contributed by atoms with Gasteiger partial charge in [0.05, 0.1) is 0 Å². The third kappa shape index (κ3) is 4.49. The van der Waals surface area contributed by atoms with Gasteiger partial charge in [-0.05, 0) is 69.1 Å². The number of oxazole rings is 1. The van der Waals surface area contributed by atoms with Crippen LogP contribution in [-0.2, 0) is 0 Å². The van der Waals surface area contributed by atoms with Gasteiger partial charge in [-0.15, -0.1) is 0 Å². The first-order chi connectivity index (χ1) is 16.8. The summed E-state index contributed by atoms with van der Waals surface area (Å²) in [5.74, 6) is -3.43. The quantitative estimate of drug-likeness (QED) is 0.493. The zero-order valence-corrected chi connectivity index (χ0v) is 19.1. The van der Waals surface area contributed by atoms with Gasteiger partial charge in [0.1, 0.15) is 17.2 Å². The maximum Gasteiger partial charge on any atom is 0.273 e. The van der Waals surface area contributed by atoms with Crippen LogP contribution >= 0.6 is 0 Å². The second-order valence-corrected chi connectivity index (χ2v) is 9.05. The number of hydrogen-bond acceptors (Lipinski definition) is 6. The molecule has 8 nitrogen and oxygen atoms in total. The number of carbonyl (C=O) groups is 2. The molecule has 2 fully saturated rings. The third-order valence-electron chi connectivity index (χ3n) is 6.88. The zero-order valence-electron chi connectivity index (χ0n) is 19.1. The predicted octanol–water partition coefficient (Wildman–Crippen LogP) is 3.82. The number of nitrogens with two attached hydrogens (primary N) is 1. The Bertz CT molecular complexity index is 1240. The molecule has 2 unspecified atom stereocenters. The maximum atomic E-state index is 14.1. The first-order valence-corrected chi connectivity index (χ1v) is 11.4. The predicted molar refractivity (Wildman–Crippen MR) is 125 cm³/mol. The molecule has 3 aromatic rings. The van der Waals surface area contributed by atoms with E-state index in [4.69, 9.17) is 10.2 Å². The Morgan fingerprint density at radius 2 is 1.69 bits per heavy atom. The molecule has 1 aromatic heterocycles. The van der Waals surface area contributed by atoms with Crippen LogP contribution in [0.4, 0.5) is 20.4 Å². The van der Waals surface area contributed by atoms with Gasteiger partial charge in [0.15, 0.2) is 5.69 Å². The van der Waals surface area contributed by atoms with Crippen LogP contribution in [0.2, 0.25) is 0 Å². The third-order valence-corrected chi connectivity index (χ3v) is 6.88. The second-order valence-electron chi connectivity index (χ2n) is 9.05. The highest BCUT2D eigenvalue weighted by Gasteiger charge is 2.38. The van der Waals surface area contributed by atoms with Gasteiger partial charge < -0.3 is 25.7 Å². The van der Waals surface area contributed by atoms with Gasteiger partial charge in [-0.2, -0.15) is 0 Å². The number of benzene rings is 2. The van der Waals surface area contributed by atoms with Crippen molar-refractivity contribution in [1.82, 2.24) is 15.2 Å². The average molecular weight is 482 g/mol. The van der Waals surface area contributed by atoms with Crippen molar-refractivity contribution in [3.05, 3.63) is 65.4 Å². The molecule has 2 aliphatic rings. The van der Waals surface area contributed by atoms with E-state index in [1.807, 2.05) is 0 Å². The van der Waals surface area contributed by atoms with Crippen molar-refractivity contribution in [2.24, 2.45) is 5.73 Å². The minimum atomic E-state index is -0.928. The van der Waals surface area contributed by atoms with Crippen molar-refractivity contribution in [2.45, 2.75) is 43.8 Å². The monoisotopic (exact) mass is 481 g/mol. The minimum absolute atomic E-state index is 0.151. The fourth-order valence-electron chi connectivity index (χ4n) is 5.02. The molecule has 0 radical (unpaired) electrons. The number of carbonyl (C=O) groups excluding carboxylic acids is 2. The first-order valence-electron chi connectivity index (χ1n) is 11.4. The highest BCUT2D eigenvalue weighted by molar-refractivity contribution is 5.97. The molecule has 2 saturated heterocycles. The summed E-state index contributed by atoms with van der Waals surface area (Å²) in [6.45, 7) is 0. The Hall–Kier alpha value is -3.79. The van der Waals surface area contributed by atoms with Crippen molar-refractivity contribution < 1.29 is 22.8 Å². The zero-order chi connectivity index (χ0) is 24.7. The molecule has 5 rings (SSSR count). The van der Waals surface area contributed by atoms with E-state index in [2.05, 4.69) is 27.6 Å². The van der Waals surface area contributed by atoms with Crippen LogP contribution in [0.3, 0.4) is 0 Å². The molecule has 0 saturated carbocycles. The van der Waals surface area contributed by atoms with Crippen LogP contribution in [0.25, 0.3) is 11.5 Å². The Balaban J connectivity index is 1.30. The summed E-state index contributed by atoms with van der Waals surface area (Å²) in [5.41, 5.74) is 5.53. The van der Waals surface area contributed by atoms with Gasteiger partial charge in [0, 0.05) is 29.4 Å². The molecule has 3 heterocycles. The molecule has 2 aliphatic heterocycles. The first kappa shape index (κ1) is 23.0. The Morgan fingerprint density at radius 1 is 1.06 bits per heavy atom. The van der Waals surface area contributed by atoms with Crippen molar-refractivity contribution >= 4 is 23.4 Å². The van der Waals surface area contributed by atoms with E-state index < -0.39 is 29.0 Å². The fraction of sp³-hybridized carbons (Fsp3) is 0.320. The molecule has 10 heteroatoms. The van der Waals surface area contributed by atoms with E-state index in [1.54, 1.807) is 24.3 Å². The number of nitrogens with one attached hydrogen (secondary N) is 2. The summed E-state index contributed by atoms with van der Waals surface area (Å²) >= 11 is 0. The van der Waals surface area contributed by atoms with E-state index in [-0.39, 0.29) is 23.5 Å². The van der Waals surface area contributed by atoms with E-state index in [0.29, 0.717) is 23.3 Å². The van der Waals surface area contributed by atoms with E-state index in [9.17, 15) is 18.4 Å². The maximum absolute atomic E-state index is 14.1. The van der Waals surface area contributed by atoms with E-state index in [0.717, 1.165) is 25.0 Å². The van der Waals surface area contributed by atoms with Crippen LogP contribution in [-0.4, -0.2) is 46.9 Å². The number of amides is 2. The molecule has 2 bridgehead atoms. The molecular weight excluding hydrogens is 456 g/mol. The molecule has 0 spiro atoms. The molecule has 35 heavy (non-hydrogen) atoms. The van der Waals surface area contributed by atoms with Crippen molar-refractivity contribution in [1.29, 1.82) is 0 Å². The molecule has 182 valence electrons. The number of primary amides is 1. The lowest BCUT2D eigenvalue weighted by atomic mass is 9.97. The van der Waals surface area contributed by atoms with Crippen molar-refractivity contribution in [3.63, 3.8) is 0 Å². The summed E-state index contributed by atoms with van der Waals surface area (Å²) in [6, 6.07) is 11.0. The van der Waals surface area contributed by atoms with Crippen LogP contribution in [0.15, 0.2) is 46.9 Å². The van der Waals surface area contributed by atoms with E-state index in [1.165, 1.54) is 18.9 Å². The molecular formula is C25H25F2N5O3. The van der Waals surface area contributed by atoms with E-state index >= 15 is 0 Å². The van der Waals surface area contributed by atoms with Gasteiger partial charge in [0.25, 0.3) is 11.8 Å². The number of fused-ring (bicyclic) bond motifs is 2. The summed E-state index contributed by atoms with van der Waals surface area (Å²) < 4.78 is 33.7. The molecule has 2 atom stereocenters. The fourth-order valence-corrected chi connectivity index (χ4v) is 5.02. The number of aromatic nitrogens is 1. The average Bonchev–Trinajstić information content (AvgIpc) is 3.30. The van der Waals surface area contributed by atoms with Gasteiger partial charge in [-0.1, -0.05) is 6.07 Å². The topological polar surface area (TPSA) is 113 Å². The number of anilines is 2. The summed E-state index contributed by atoms with van der Waals surface area (Å²) in [4.78, 5) is 30.9. The van der Waals surface area contributed by atoms with Gasteiger partial charge >= 0.3 is 0 Å². The van der Waals surface area contributed by atoms with Crippen LogP contribution < -0.4 is 16.4 Å². The number of halogens is 2. The van der Waals surface area contributed by atoms with Gasteiger partial charge in [0.2, 0.25) is 11.8 Å². The Morgan fingerprint density at radius 3 is 2.29 bits per heavy atom. The van der Waals surface area contributed by atoms with Crippen molar-refractivity contribution in [3.8, 4) is 11.5 Å². The van der Waals surface area contributed by atoms with Crippen LogP contribution in [0, 0.1) is 11.6 Å². The van der Waals surface area contributed by atoms with Crippen molar-refractivity contribution in [2.75, 3.05) is 12.4 Å². The number of hydrogen-bond donors (Lipinski definition) is 3. The van der Waals surface area contributed by atoms with Crippen LogP contribution in [0.1, 0.15) is 46.5 Å². The van der Waals surface area contributed by atoms with Gasteiger partial charge in [-0.25, -0.2) is 13.8 Å². The minimum Gasteiger partial charge on any atom is -0.419 e. The number of rotatable bonds is 6. The molecule has 4 N–H and O–H groups in total. The summed E-state index contributed by atoms with van der Waals surface area (Å²) in [7, 11) is 2.15. The number of piperidine rings is 1. The highest BCUT2D eigenvalue weighted by Crippen LogP contribution is 2.34.